The highest BCUT2D eigenvalue weighted by molar-refractivity contribution is 14.1. The smallest absolute Gasteiger partial charge is 0.282 e. The van der Waals surface area contributed by atoms with Crippen LogP contribution in [0.15, 0.2) is 99.2 Å². The Morgan fingerprint density at radius 1 is 1.00 bits per heavy atom. The Balaban J connectivity index is 1.38. The molecule has 6 aromatic rings. The zero-order chi connectivity index (χ0) is 31.5. The van der Waals surface area contributed by atoms with Gasteiger partial charge in [0.05, 0.1) is 44.7 Å². The molecule has 11 nitrogen and oxygen atoms in total. The normalized spacial score (nSPS) is 11.4. The summed E-state index contributed by atoms with van der Waals surface area (Å²) in [6, 6.07) is 24.1. The van der Waals surface area contributed by atoms with Crippen molar-refractivity contribution >= 4 is 56.4 Å². The van der Waals surface area contributed by atoms with E-state index >= 15 is 0 Å². The van der Waals surface area contributed by atoms with Gasteiger partial charge in [-0.05, 0) is 95.2 Å². The van der Waals surface area contributed by atoms with E-state index < -0.39 is 4.92 Å². The van der Waals surface area contributed by atoms with E-state index in [1.165, 1.54) is 16.8 Å². The van der Waals surface area contributed by atoms with Crippen LogP contribution in [0.5, 0.6) is 17.2 Å². The second-order valence-corrected chi connectivity index (χ2v) is 10.9. The van der Waals surface area contributed by atoms with E-state index in [1.54, 1.807) is 55.8 Å². The number of furan rings is 1. The maximum atomic E-state index is 13.7. The average molecular weight is 716 g/mol. The fourth-order valence-corrected chi connectivity index (χ4v) is 5.55. The topological polar surface area (TPSA) is 131 Å². The van der Waals surface area contributed by atoms with Crippen LogP contribution in [0.4, 0.5) is 5.69 Å². The molecule has 226 valence electrons. The van der Waals surface area contributed by atoms with Gasteiger partial charge in [-0.1, -0.05) is 18.2 Å². The van der Waals surface area contributed by atoms with Crippen LogP contribution in [-0.4, -0.2) is 34.5 Å². The van der Waals surface area contributed by atoms with Crippen molar-refractivity contribution in [1.29, 1.82) is 0 Å². The summed E-state index contributed by atoms with van der Waals surface area (Å²) in [6.07, 6.45) is 1.55. The number of aromatic nitrogens is 2. The standard InChI is InChI=1S/C33H25IN4O7/c1-3-43-29-16-21(15-25(34)31(29)44-19-20-11-13-22(14-12-20)38(40)41)18-35-37-32(36-26-8-5-4-7-23(26)33(37)39)30-17-24-27(42-2)9-6-10-28(24)45-30/h4-18H,3,19H2,1-2H3. The minimum atomic E-state index is -0.445. The number of hydrogen-bond acceptors (Lipinski definition) is 9. The van der Waals surface area contributed by atoms with Crippen molar-refractivity contribution < 1.29 is 23.6 Å². The number of benzene rings is 4. The number of nitro benzene ring substituents is 1. The molecule has 0 saturated carbocycles. The summed E-state index contributed by atoms with van der Waals surface area (Å²) in [6.45, 7) is 2.44. The van der Waals surface area contributed by atoms with Crippen molar-refractivity contribution in [2.45, 2.75) is 13.5 Å². The lowest BCUT2D eigenvalue weighted by Crippen LogP contribution is -2.20. The van der Waals surface area contributed by atoms with Crippen LogP contribution in [0.3, 0.4) is 0 Å². The largest absolute Gasteiger partial charge is 0.496 e. The van der Waals surface area contributed by atoms with Gasteiger partial charge < -0.3 is 18.6 Å². The quantitative estimate of drug-likeness (QED) is 0.0630. The Hall–Kier alpha value is -5.24. The van der Waals surface area contributed by atoms with E-state index in [0.717, 1.165) is 14.5 Å². The Kier molecular flexibility index (Phi) is 8.47. The van der Waals surface area contributed by atoms with Crippen molar-refractivity contribution in [3.63, 3.8) is 0 Å². The lowest BCUT2D eigenvalue weighted by atomic mass is 10.2. The molecule has 0 radical (unpaired) electrons. The summed E-state index contributed by atoms with van der Waals surface area (Å²) in [7, 11) is 1.58. The predicted octanol–water partition coefficient (Wildman–Crippen LogP) is 7.19. The molecule has 45 heavy (non-hydrogen) atoms. The Bertz CT molecular complexity index is 2140. The Labute approximate surface area is 270 Å². The Morgan fingerprint density at radius 3 is 2.56 bits per heavy atom. The van der Waals surface area contributed by atoms with E-state index in [2.05, 4.69) is 27.7 Å². The van der Waals surface area contributed by atoms with E-state index in [9.17, 15) is 14.9 Å². The number of para-hydroxylation sites is 1. The van der Waals surface area contributed by atoms with Gasteiger partial charge in [0.25, 0.3) is 11.2 Å². The van der Waals surface area contributed by atoms with E-state index in [1.807, 2.05) is 37.3 Å². The number of hydrogen-bond donors (Lipinski definition) is 0. The number of nitro groups is 1. The number of rotatable bonds is 10. The second-order valence-electron chi connectivity index (χ2n) is 9.77. The molecule has 4 aromatic carbocycles. The van der Waals surface area contributed by atoms with Crippen LogP contribution in [0.1, 0.15) is 18.1 Å². The van der Waals surface area contributed by atoms with Gasteiger partial charge in [0.1, 0.15) is 17.9 Å². The molecule has 0 N–H and O–H groups in total. The first-order chi connectivity index (χ1) is 21.9. The number of fused-ring (bicyclic) bond motifs is 2. The molecule has 0 unspecified atom stereocenters. The van der Waals surface area contributed by atoms with Gasteiger partial charge in [-0.15, -0.1) is 0 Å². The number of methoxy groups -OCH3 is 1. The third kappa shape index (κ3) is 6.09. The molecule has 2 heterocycles. The fourth-order valence-electron chi connectivity index (χ4n) is 4.77. The Morgan fingerprint density at radius 2 is 1.80 bits per heavy atom. The SMILES string of the molecule is CCOc1cc(C=Nn2c(-c3cc4c(OC)cccc4o3)nc3ccccc3c2=O)cc(I)c1OCc1ccc([N+](=O)[O-])cc1. The molecule has 2 aromatic heterocycles. The van der Waals surface area contributed by atoms with Crippen molar-refractivity contribution in [1.82, 2.24) is 9.66 Å². The monoisotopic (exact) mass is 716 g/mol. The third-order valence-electron chi connectivity index (χ3n) is 6.90. The molecule has 0 fully saturated rings. The molecule has 0 spiro atoms. The summed E-state index contributed by atoms with van der Waals surface area (Å²) in [5, 5.41) is 16.7. The highest BCUT2D eigenvalue weighted by Gasteiger charge is 2.18. The van der Waals surface area contributed by atoms with Gasteiger partial charge in [0.2, 0.25) is 5.82 Å². The number of non-ortho nitro benzene ring substituents is 1. The molecule has 6 rings (SSSR count). The van der Waals surface area contributed by atoms with Crippen LogP contribution in [0.25, 0.3) is 33.5 Å². The summed E-state index contributed by atoms with van der Waals surface area (Å²) < 4.78 is 25.5. The molecule has 0 aliphatic rings. The highest BCUT2D eigenvalue weighted by atomic mass is 127. The van der Waals surface area contributed by atoms with E-state index in [4.69, 9.17) is 23.6 Å². The molecule has 0 saturated heterocycles. The zero-order valence-electron chi connectivity index (χ0n) is 24.1. The average Bonchev–Trinajstić information content (AvgIpc) is 3.49. The maximum absolute atomic E-state index is 13.7. The second kappa shape index (κ2) is 12.8. The number of nitrogens with zero attached hydrogens (tertiary/aromatic N) is 4. The zero-order valence-corrected chi connectivity index (χ0v) is 26.3. The van der Waals surface area contributed by atoms with Gasteiger partial charge in [-0.2, -0.15) is 9.78 Å². The minimum Gasteiger partial charge on any atom is -0.496 e. The summed E-state index contributed by atoms with van der Waals surface area (Å²) >= 11 is 2.15. The first-order valence-corrected chi connectivity index (χ1v) is 14.9. The molecule has 0 amide bonds. The molecule has 0 aliphatic heterocycles. The van der Waals surface area contributed by atoms with Crippen LogP contribution < -0.4 is 19.8 Å². The molecule has 12 heteroatoms. The van der Waals surface area contributed by atoms with Gasteiger partial charge in [0, 0.05) is 12.1 Å². The summed E-state index contributed by atoms with van der Waals surface area (Å²) in [5.74, 6) is 2.23. The van der Waals surface area contributed by atoms with Crippen LogP contribution in [0, 0.1) is 13.7 Å². The summed E-state index contributed by atoms with van der Waals surface area (Å²) in [5.41, 5.74) is 2.17. The first-order valence-electron chi connectivity index (χ1n) is 13.8. The third-order valence-corrected chi connectivity index (χ3v) is 7.70. The highest BCUT2D eigenvalue weighted by Crippen LogP contribution is 2.35. The van der Waals surface area contributed by atoms with Gasteiger partial charge in [-0.25, -0.2) is 4.98 Å². The van der Waals surface area contributed by atoms with Crippen LogP contribution in [-0.2, 0) is 6.61 Å². The van der Waals surface area contributed by atoms with Gasteiger partial charge >= 0.3 is 0 Å². The maximum Gasteiger partial charge on any atom is 0.282 e. The lowest BCUT2D eigenvalue weighted by Gasteiger charge is -2.15. The van der Waals surface area contributed by atoms with E-state index in [0.29, 0.717) is 51.7 Å². The summed E-state index contributed by atoms with van der Waals surface area (Å²) in [4.78, 5) is 29.0. The molecule has 0 atom stereocenters. The number of ether oxygens (including phenoxy) is 3. The van der Waals surface area contributed by atoms with Gasteiger partial charge in [-0.3, -0.25) is 14.9 Å². The van der Waals surface area contributed by atoms with Crippen molar-refractivity contribution in [2.24, 2.45) is 5.10 Å². The number of halogens is 1. The first kappa shape index (κ1) is 29.8. The van der Waals surface area contributed by atoms with Crippen LogP contribution >= 0.6 is 22.6 Å². The van der Waals surface area contributed by atoms with Crippen molar-refractivity contribution in [3.8, 4) is 28.8 Å². The molecular formula is C33H25IN4O7. The van der Waals surface area contributed by atoms with Gasteiger partial charge in [0.15, 0.2) is 17.3 Å². The predicted molar refractivity (Wildman–Crippen MR) is 179 cm³/mol. The lowest BCUT2D eigenvalue weighted by molar-refractivity contribution is -0.384. The minimum absolute atomic E-state index is 0.0101. The van der Waals surface area contributed by atoms with Crippen molar-refractivity contribution in [3.05, 3.63) is 120 Å². The molecular weight excluding hydrogens is 691 g/mol. The van der Waals surface area contributed by atoms with E-state index in [-0.39, 0.29) is 23.7 Å². The van der Waals surface area contributed by atoms with Crippen LogP contribution in [0.2, 0.25) is 0 Å². The van der Waals surface area contributed by atoms with Crippen molar-refractivity contribution in [2.75, 3.05) is 13.7 Å². The fraction of sp³-hybridized carbons (Fsp3) is 0.121. The molecule has 0 bridgehead atoms. The molecule has 0 aliphatic carbocycles.